The maximum absolute atomic E-state index is 12.3. The number of rotatable bonds is 4. The third-order valence-electron chi connectivity index (χ3n) is 3.79. The Kier molecular flexibility index (Phi) is 6.01. The van der Waals surface area contributed by atoms with Crippen LogP contribution in [0, 0.1) is 6.92 Å². The van der Waals surface area contributed by atoms with E-state index in [2.05, 4.69) is 15.4 Å². The van der Waals surface area contributed by atoms with Crippen molar-refractivity contribution in [3.63, 3.8) is 0 Å². The third kappa shape index (κ3) is 4.76. The topological polar surface area (TPSA) is 68.5 Å². The molecule has 0 aliphatic heterocycles. The van der Waals surface area contributed by atoms with Crippen molar-refractivity contribution >= 4 is 58.1 Å². The molecule has 0 fully saturated rings. The summed E-state index contributed by atoms with van der Waals surface area (Å²) >= 11 is 23.3. The molecule has 1 atom stereocenters. The Balaban J connectivity index is 2.01. The van der Waals surface area contributed by atoms with Gasteiger partial charge in [0.05, 0.1) is 11.9 Å². The quantitative estimate of drug-likeness (QED) is 0.579. The molecule has 0 radical (unpaired) electrons. The van der Waals surface area contributed by atoms with E-state index in [1.807, 2.05) is 19.1 Å². The number of hydrogen-bond acceptors (Lipinski definition) is 4. The van der Waals surface area contributed by atoms with Crippen molar-refractivity contribution in [3.05, 3.63) is 64.6 Å². The van der Waals surface area contributed by atoms with Gasteiger partial charge in [-0.2, -0.15) is 5.10 Å². The molecule has 142 valence electrons. The second-order valence-electron chi connectivity index (χ2n) is 5.72. The molecule has 2 heterocycles. The molecule has 2 aromatic heterocycles. The number of amides is 1. The van der Waals surface area contributed by atoms with Crippen LogP contribution in [-0.2, 0) is 4.74 Å². The molecule has 10 heteroatoms. The van der Waals surface area contributed by atoms with Crippen molar-refractivity contribution in [2.75, 3.05) is 6.61 Å². The van der Waals surface area contributed by atoms with Gasteiger partial charge in [-0.25, -0.2) is 14.3 Å². The fraction of sp³-hybridized carbons (Fsp3) is 0.235. The summed E-state index contributed by atoms with van der Waals surface area (Å²) in [6, 6.07) is 8.35. The highest BCUT2D eigenvalue weighted by atomic mass is 35.6. The Morgan fingerprint density at radius 3 is 2.78 bits per heavy atom. The highest BCUT2D eigenvalue weighted by molar-refractivity contribution is 6.67. The van der Waals surface area contributed by atoms with E-state index in [1.54, 1.807) is 35.1 Å². The molecule has 1 aromatic carbocycles. The summed E-state index contributed by atoms with van der Waals surface area (Å²) in [7, 11) is 0. The first kappa shape index (κ1) is 20.0. The summed E-state index contributed by atoms with van der Waals surface area (Å²) in [5.41, 5.74) is 2.80. The van der Waals surface area contributed by atoms with Crippen LogP contribution in [0.2, 0.25) is 5.02 Å². The van der Waals surface area contributed by atoms with E-state index < -0.39 is 22.5 Å². The first-order valence-electron chi connectivity index (χ1n) is 7.80. The highest BCUT2D eigenvalue weighted by Crippen LogP contribution is 2.32. The molecular weight excluding hydrogens is 434 g/mol. The van der Waals surface area contributed by atoms with E-state index in [0.29, 0.717) is 21.9 Å². The summed E-state index contributed by atoms with van der Waals surface area (Å²) in [5, 5.41) is 7.53. The van der Waals surface area contributed by atoms with Gasteiger partial charge in [-0.15, -0.1) is 0 Å². The van der Waals surface area contributed by atoms with Gasteiger partial charge in [-0.1, -0.05) is 58.5 Å². The van der Waals surface area contributed by atoms with Crippen LogP contribution in [0.15, 0.2) is 42.7 Å². The molecule has 0 spiro atoms. The lowest BCUT2D eigenvalue weighted by Crippen LogP contribution is -2.33. The minimum Gasteiger partial charge on any atom is -0.445 e. The lowest BCUT2D eigenvalue weighted by molar-refractivity contribution is 0.145. The number of halogens is 4. The summed E-state index contributed by atoms with van der Waals surface area (Å²) in [6.07, 6.45) is 2.47. The average molecular weight is 448 g/mol. The van der Waals surface area contributed by atoms with E-state index in [1.165, 1.54) is 0 Å². The number of fused-ring (bicyclic) bond motifs is 1. The van der Waals surface area contributed by atoms with Crippen LogP contribution < -0.4 is 5.32 Å². The number of nitrogens with zero attached hydrogens (tertiary/aromatic N) is 3. The molecule has 1 unspecified atom stereocenters. The van der Waals surface area contributed by atoms with Crippen molar-refractivity contribution in [3.8, 4) is 0 Å². The molecule has 0 saturated heterocycles. The molecule has 0 saturated carbocycles. The number of alkyl halides is 3. The summed E-state index contributed by atoms with van der Waals surface area (Å²) in [5.74, 6) is 0. The summed E-state index contributed by atoms with van der Waals surface area (Å²) in [4.78, 5) is 16.6. The number of ether oxygens (including phenoxy) is 1. The first-order chi connectivity index (χ1) is 12.8. The largest absolute Gasteiger partial charge is 0.445 e. The highest BCUT2D eigenvalue weighted by Gasteiger charge is 2.27. The summed E-state index contributed by atoms with van der Waals surface area (Å²) < 4.78 is 4.91. The van der Waals surface area contributed by atoms with Gasteiger partial charge < -0.3 is 10.1 Å². The van der Waals surface area contributed by atoms with Crippen LogP contribution in [0.25, 0.3) is 5.65 Å². The van der Waals surface area contributed by atoms with Crippen molar-refractivity contribution in [1.82, 2.24) is 19.9 Å². The van der Waals surface area contributed by atoms with Gasteiger partial charge in [0.15, 0.2) is 5.65 Å². The maximum atomic E-state index is 12.3. The molecule has 3 aromatic rings. The van der Waals surface area contributed by atoms with Gasteiger partial charge in [0, 0.05) is 16.8 Å². The molecule has 6 nitrogen and oxygen atoms in total. The predicted octanol–water partition coefficient (Wildman–Crippen LogP) is 4.88. The zero-order valence-corrected chi connectivity index (χ0v) is 17.0. The standard InChI is InChI=1S/C17H14Cl4N4O2/c1-10-4-2-5-11(18)14(10)15(24-16(26)27-9-17(19,20)21)12-8-22-13-6-3-7-23-25(12)13/h2-8,15H,9H2,1H3,(H,24,26). The number of hydrogen-bond donors (Lipinski definition) is 1. The van der Waals surface area contributed by atoms with Gasteiger partial charge in [0.2, 0.25) is 3.79 Å². The fourth-order valence-corrected chi connectivity index (χ4v) is 3.15. The van der Waals surface area contributed by atoms with Gasteiger partial charge in [-0.3, -0.25) is 0 Å². The van der Waals surface area contributed by atoms with Crippen LogP contribution in [0.1, 0.15) is 22.9 Å². The van der Waals surface area contributed by atoms with Gasteiger partial charge in [-0.05, 0) is 30.7 Å². The van der Waals surface area contributed by atoms with E-state index >= 15 is 0 Å². The molecule has 0 bridgehead atoms. The Labute approximate surface area is 175 Å². The van der Waals surface area contributed by atoms with Crippen molar-refractivity contribution in [2.24, 2.45) is 0 Å². The number of carbonyl (C=O) groups excluding carboxylic acids is 1. The van der Waals surface area contributed by atoms with Crippen molar-refractivity contribution in [2.45, 2.75) is 16.8 Å². The van der Waals surface area contributed by atoms with Gasteiger partial charge >= 0.3 is 6.09 Å². The number of imidazole rings is 1. The Morgan fingerprint density at radius 2 is 2.07 bits per heavy atom. The molecule has 0 aliphatic carbocycles. The van der Waals surface area contributed by atoms with E-state index in [9.17, 15) is 4.79 Å². The molecule has 0 aliphatic rings. The molecule has 3 rings (SSSR count). The molecule has 1 amide bonds. The Bertz CT molecular complexity index is 951. The van der Waals surface area contributed by atoms with E-state index in [0.717, 1.165) is 5.56 Å². The second-order valence-corrected chi connectivity index (χ2v) is 8.64. The first-order valence-corrected chi connectivity index (χ1v) is 9.31. The Hall–Kier alpha value is -1.73. The lowest BCUT2D eigenvalue weighted by atomic mass is 9.99. The van der Waals surface area contributed by atoms with E-state index in [4.69, 9.17) is 51.1 Å². The normalized spacial score (nSPS) is 12.8. The molecule has 27 heavy (non-hydrogen) atoms. The second kappa shape index (κ2) is 8.10. The number of aromatic nitrogens is 3. The zero-order chi connectivity index (χ0) is 19.6. The number of nitrogens with one attached hydrogen (secondary N) is 1. The number of benzene rings is 1. The van der Waals surface area contributed by atoms with Gasteiger partial charge in [0.25, 0.3) is 0 Å². The van der Waals surface area contributed by atoms with Crippen molar-refractivity contribution in [1.29, 1.82) is 0 Å². The molecule has 1 N–H and O–H groups in total. The number of aryl methyl sites for hydroxylation is 1. The Morgan fingerprint density at radius 1 is 1.30 bits per heavy atom. The SMILES string of the molecule is Cc1cccc(Cl)c1C(NC(=O)OCC(Cl)(Cl)Cl)c1cnc2cccnn12. The molecular formula is C17H14Cl4N4O2. The van der Waals surface area contributed by atoms with Gasteiger partial charge in [0.1, 0.15) is 12.6 Å². The predicted molar refractivity (Wildman–Crippen MR) is 106 cm³/mol. The minimum absolute atomic E-state index is 0.400. The minimum atomic E-state index is -1.71. The van der Waals surface area contributed by atoms with Crippen LogP contribution in [0.5, 0.6) is 0 Å². The lowest BCUT2D eigenvalue weighted by Gasteiger charge is -2.22. The van der Waals surface area contributed by atoms with Crippen LogP contribution in [-0.4, -0.2) is 31.1 Å². The van der Waals surface area contributed by atoms with Crippen LogP contribution in [0.4, 0.5) is 4.79 Å². The van der Waals surface area contributed by atoms with Crippen LogP contribution in [0.3, 0.4) is 0 Å². The van der Waals surface area contributed by atoms with Crippen LogP contribution >= 0.6 is 46.4 Å². The fourth-order valence-electron chi connectivity index (χ4n) is 2.66. The third-order valence-corrected chi connectivity index (χ3v) is 4.45. The monoisotopic (exact) mass is 446 g/mol. The zero-order valence-electron chi connectivity index (χ0n) is 14.0. The van der Waals surface area contributed by atoms with Crippen molar-refractivity contribution < 1.29 is 9.53 Å². The summed E-state index contributed by atoms with van der Waals surface area (Å²) in [6.45, 7) is 1.49. The smallest absolute Gasteiger partial charge is 0.408 e. The average Bonchev–Trinajstić information content (AvgIpc) is 3.02. The number of carbonyl (C=O) groups is 1. The van der Waals surface area contributed by atoms with E-state index in [-0.39, 0.29) is 0 Å². The number of alkyl carbamates (subject to hydrolysis) is 1. The maximum Gasteiger partial charge on any atom is 0.408 e.